The number of nitrogens with one attached hydrogen (secondary N) is 4. The Morgan fingerprint density at radius 3 is 2.60 bits per heavy atom. The van der Waals surface area contributed by atoms with Crippen molar-refractivity contribution in [3.05, 3.63) is 77.5 Å². The molecule has 182 valence electrons. The number of benzene rings is 2. The Hall–Kier alpha value is -3.69. The summed E-state index contributed by atoms with van der Waals surface area (Å²) in [4.78, 5) is 26.2. The van der Waals surface area contributed by atoms with Gasteiger partial charge in [0.05, 0.1) is 23.2 Å². The number of anilines is 2. The monoisotopic (exact) mass is 473 g/mol. The van der Waals surface area contributed by atoms with Crippen molar-refractivity contribution in [2.45, 2.75) is 45.6 Å². The first-order valence-corrected chi connectivity index (χ1v) is 12.0. The fourth-order valence-corrected chi connectivity index (χ4v) is 4.83. The van der Waals surface area contributed by atoms with Gasteiger partial charge in [-0.05, 0) is 38.0 Å². The first kappa shape index (κ1) is 23.1. The van der Waals surface area contributed by atoms with E-state index in [9.17, 15) is 9.59 Å². The maximum atomic E-state index is 13.2. The average molecular weight is 474 g/mol. The van der Waals surface area contributed by atoms with Gasteiger partial charge in [-0.1, -0.05) is 55.0 Å². The molecule has 1 aromatic heterocycles. The van der Waals surface area contributed by atoms with Crippen molar-refractivity contribution in [1.29, 1.82) is 0 Å². The Bertz CT molecular complexity index is 1210. The second kappa shape index (κ2) is 9.52. The number of aryl methyl sites for hydroxylation is 2. The molecule has 4 unspecified atom stereocenters. The highest BCUT2D eigenvalue weighted by molar-refractivity contribution is 5.95. The lowest BCUT2D eigenvalue weighted by molar-refractivity contribution is -0.129. The van der Waals surface area contributed by atoms with Gasteiger partial charge in [-0.25, -0.2) is 10.1 Å². The van der Waals surface area contributed by atoms with Gasteiger partial charge >= 0.3 is 0 Å². The highest BCUT2D eigenvalue weighted by atomic mass is 16.2. The fourth-order valence-electron chi connectivity index (χ4n) is 4.83. The van der Waals surface area contributed by atoms with Crippen molar-refractivity contribution in [2.24, 2.45) is 5.92 Å². The summed E-state index contributed by atoms with van der Waals surface area (Å²) in [6.45, 7) is 6.43. The fraction of sp³-hybridized carbons (Fsp3) is 0.346. The van der Waals surface area contributed by atoms with Crippen LogP contribution in [0.25, 0.3) is 0 Å². The highest BCUT2D eigenvalue weighted by Gasteiger charge is 2.45. The lowest BCUT2D eigenvalue weighted by atomic mass is 9.96. The molecule has 2 aliphatic heterocycles. The Morgan fingerprint density at radius 1 is 1.14 bits per heavy atom. The predicted molar refractivity (Wildman–Crippen MR) is 134 cm³/mol. The van der Waals surface area contributed by atoms with Crippen molar-refractivity contribution in [3.8, 4) is 0 Å². The van der Waals surface area contributed by atoms with Crippen LogP contribution in [0.3, 0.4) is 0 Å². The molecular weight excluding hydrogens is 442 g/mol. The largest absolute Gasteiger partial charge is 0.321 e. The molecule has 3 heterocycles. The van der Waals surface area contributed by atoms with Crippen LogP contribution in [0, 0.1) is 19.8 Å². The molecule has 0 bridgehead atoms. The normalized spacial score (nSPS) is 22.4. The van der Waals surface area contributed by atoms with E-state index in [0.29, 0.717) is 18.8 Å². The third-order valence-electron chi connectivity index (χ3n) is 6.68. The molecule has 0 spiro atoms. The van der Waals surface area contributed by atoms with E-state index in [0.717, 1.165) is 16.9 Å². The van der Waals surface area contributed by atoms with Crippen LogP contribution < -0.4 is 26.4 Å². The van der Waals surface area contributed by atoms with Crippen molar-refractivity contribution in [1.82, 2.24) is 25.8 Å². The van der Waals surface area contributed by atoms with Crippen molar-refractivity contribution < 1.29 is 9.59 Å². The summed E-state index contributed by atoms with van der Waals surface area (Å²) in [7, 11) is 0. The average Bonchev–Trinajstić information content (AvgIpc) is 3.44. The maximum absolute atomic E-state index is 13.2. The molecule has 2 amide bonds. The number of hydrazine groups is 1. The van der Waals surface area contributed by atoms with Crippen molar-refractivity contribution in [3.63, 3.8) is 0 Å². The number of hydrogen-bond acceptors (Lipinski definition) is 6. The molecule has 9 nitrogen and oxygen atoms in total. The highest BCUT2D eigenvalue weighted by Crippen LogP contribution is 2.29. The summed E-state index contributed by atoms with van der Waals surface area (Å²) in [6, 6.07) is 19.7. The SMILES string of the molecule is CCC(C(=O)Nc1cc(C)nn1C1NC(=O)C2CNN(c3ccc(C)cc3)C2N1)c1ccccc1. The molecular formula is C26H31N7O2. The molecule has 0 radical (unpaired) electrons. The molecule has 4 N–H and O–H groups in total. The standard InChI is InChI=1S/C26H31N7O2/c1-4-20(18-8-6-5-7-9-18)24(34)28-22-14-17(3)31-33(22)26-29-23-21(25(35)30-26)15-27-32(23)19-12-10-16(2)11-13-19/h5-14,20-21,23,26-27,29H,4,15H2,1-3H3,(H,28,34)(H,30,35). The first-order valence-electron chi connectivity index (χ1n) is 12.0. The molecule has 35 heavy (non-hydrogen) atoms. The van der Waals surface area contributed by atoms with Crippen LogP contribution in [-0.4, -0.2) is 34.3 Å². The number of hydrogen-bond donors (Lipinski definition) is 4. The summed E-state index contributed by atoms with van der Waals surface area (Å²) < 4.78 is 1.64. The smallest absolute Gasteiger partial charge is 0.233 e. The van der Waals surface area contributed by atoms with Crippen LogP contribution in [0.5, 0.6) is 0 Å². The van der Waals surface area contributed by atoms with Crippen LogP contribution in [0.15, 0.2) is 60.7 Å². The summed E-state index contributed by atoms with van der Waals surface area (Å²) in [6.07, 6.45) is -0.211. The molecule has 2 aliphatic rings. The van der Waals surface area contributed by atoms with E-state index in [1.165, 1.54) is 5.56 Å². The number of rotatable bonds is 6. The summed E-state index contributed by atoms with van der Waals surface area (Å²) in [5.41, 5.74) is 7.19. The van der Waals surface area contributed by atoms with Gasteiger partial charge < -0.3 is 10.6 Å². The molecule has 9 heteroatoms. The Labute approximate surface area is 204 Å². The second-order valence-electron chi connectivity index (χ2n) is 9.17. The van der Waals surface area contributed by atoms with Gasteiger partial charge in [-0.15, -0.1) is 0 Å². The molecule has 2 saturated heterocycles. The number of carbonyl (C=O) groups is 2. The van der Waals surface area contributed by atoms with Crippen LogP contribution in [-0.2, 0) is 9.59 Å². The molecule has 2 fully saturated rings. The lowest BCUT2D eigenvalue weighted by Gasteiger charge is -2.37. The number of carbonyl (C=O) groups excluding carboxylic acids is 2. The quantitative estimate of drug-likeness (QED) is 0.439. The molecule has 0 saturated carbocycles. The van der Waals surface area contributed by atoms with Crippen LogP contribution in [0.2, 0.25) is 0 Å². The van der Waals surface area contributed by atoms with Crippen molar-refractivity contribution >= 4 is 23.3 Å². The van der Waals surface area contributed by atoms with Gasteiger partial charge in [-0.3, -0.25) is 19.9 Å². The van der Waals surface area contributed by atoms with Crippen LogP contribution >= 0.6 is 0 Å². The van der Waals surface area contributed by atoms with Crippen LogP contribution in [0.4, 0.5) is 11.5 Å². The minimum atomic E-state index is -0.614. The van der Waals surface area contributed by atoms with Gasteiger partial charge in [-0.2, -0.15) is 5.10 Å². The number of nitrogens with zero attached hydrogens (tertiary/aromatic N) is 3. The van der Waals surface area contributed by atoms with Gasteiger partial charge in [0, 0.05) is 12.6 Å². The molecule has 2 aromatic carbocycles. The van der Waals surface area contributed by atoms with E-state index in [4.69, 9.17) is 0 Å². The van der Waals surface area contributed by atoms with E-state index >= 15 is 0 Å². The number of fused-ring (bicyclic) bond motifs is 1. The van der Waals surface area contributed by atoms with Gasteiger partial charge in [0.1, 0.15) is 12.0 Å². The van der Waals surface area contributed by atoms with Gasteiger partial charge in [0.25, 0.3) is 0 Å². The second-order valence-corrected chi connectivity index (χ2v) is 9.17. The number of aromatic nitrogens is 2. The van der Waals surface area contributed by atoms with E-state index in [1.54, 1.807) is 4.68 Å². The Morgan fingerprint density at radius 2 is 1.89 bits per heavy atom. The van der Waals surface area contributed by atoms with E-state index in [1.807, 2.05) is 86.4 Å². The van der Waals surface area contributed by atoms with Crippen LogP contribution in [0.1, 0.15) is 42.4 Å². The summed E-state index contributed by atoms with van der Waals surface area (Å²) >= 11 is 0. The molecule has 0 aliphatic carbocycles. The summed E-state index contributed by atoms with van der Waals surface area (Å²) in [5.74, 6) is -0.185. The van der Waals surface area contributed by atoms with Gasteiger partial charge in [0.15, 0.2) is 6.29 Å². The van der Waals surface area contributed by atoms with E-state index in [2.05, 4.69) is 26.5 Å². The minimum absolute atomic E-state index is 0.0676. The topological polar surface area (TPSA) is 103 Å². The van der Waals surface area contributed by atoms with E-state index in [-0.39, 0.29) is 29.8 Å². The Balaban J connectivity index is 1.38. The van der Waals surface area contributed by atoms with E-state index < -0.39 is 6.29 Å². The number of amides is 2. The molecule has 4 atom stereocenters. The molecule has 3 aromatic rings. The first-order chi connectivity index (χ1) is 16.9. The van der Waals surface area contributed by atoms with Gasteiger partial charge in [0.2, 0.25) is 11.8 Å². The lowest BCUT2D eigenvalue weighted by Crippen LogP contribution is -2.61. The zero-order valence-electron chi connectivity index (χ0n) is 20.2. The minimum Gasteiger partial charge on any atom is -0.321 e. The predicted octanol–water partition coefficient (Wildman–Crippen LogP) is 2.77. The summed E-state index contributed by atoms with van der Waals surface area (Å²) in [5, 5.41) is 16.2. The molecule has 5 rings (SSSR count). The third-order valence-corrected chi connectivity index (χ3v) is 6.68. The third kappa shape index (κ3) is 4.52. The van der Waals surface area contributed by atoms with Crippen molar-refractivity contribution in [2.75, 3.05) is 16.9 Å². The maximum Gasteiger partial charge on any atom is 0.233 e. The zero-order valence-corrected chi connectivity index (χ0v) is 20.2. The zero-order chi connectivity index (χ0) is 24.5. The Kier molecular flexibility index (Phi) is 6.27.